The molecule has 14 heavy (non-hydrogen) atoms. The largest absolute Gasteiger partial charge is 0.323 e. The molecule has 0 aliphatic rings. The Morgan fingerprint density at radius 1 is 1.43 bits per heavy atom. The van der Waals surface area contributed by atoms with Gasteiger partial charge in [-0.3, -0.25) is 0 Å². The van der Waals surface area contributed by atoms with Crippen molar-refractivity contribution in [3.63, 3.8) is 0 Å². The first-order chi connectivity index (χ1) is 6.45. The molecule has 1 rings (SSSR count). The average molecular weight is 189 g/mol. The highest BCUT2D eigenvalue weighted by molar-refractivity contribution is 5.25. The summed E-state index contributed by atoms with van der Waals surface area (Å²) in [6.07, 6.45) is 1.68. The molecule has 1 unspecified atom stereocenters. The second-order valence-electron chi connectivity index (χ2n) is 4.43. The fourth-order valence-electron chi connectivity index (χ4n) is 1.16. The zero-order valence-corrected chi connectivity index (χ0v) is 8.78. The minimum atomic E-state index is -0.0530. The lowest BCUT2D eigenvalue weighted by Crippen LogP contribution is -2.26. The van der Waals surface area contributed by atoms with Crippen LogP contribution in [-0.4, -0.2) is 4.98 Å². The monoisotopic (exact) mass is 189 g/mol. The van der Waals surface area contributed by atoms with Gasteiger partial charge in [0.15, 0.2) is 0 Å². The van der Waals surface area contributed by atoms with Crippen LogP contribution in [0, 0.1) is 16.7 Å². The number of hydrogen-bond acceptors (Lipinski definition) is 3. The molecule has 0 aromatic carbocycles. The SMILES string of the molecule is CC(C)(C)C(N)c1ccc(C#N)nc1. The molecule has 74 valence electrons. The molecule has 0 saturated carbocycles. The van der Waals surface area contributed by atoms with Gasteiger partial charge in [-0.2, -0.15) is 5.26 Å². The van der Waals surface area contributed by atoms with Crippen LogP contribution in [0.5, 0.6) is 0 Å². The van der Waals surface area contributed by atoms with E-state index in [1.54, 1.807) is 12.3 Å². The zero-order valence-electron chi connectivity index (χ0n) is 8.78. The summed E-state index contributed by atoms with van der Waals surface area (Å²) < 4.78 is 0. The van der Waals surface area contributed by atoms with E-state index < -0.39 is 0 Å². The van der Waals surface area contributed by atoms with Gasteiger partial charge in [-0.15, -0.1) is 0 Å². The summed E-state index contributed by atoms with van der Waals surface area (Å²) in [6.45, 7) is 6.24. The van der Waals surface area contributed by atoms with Crippen LogP contribution < -0.4 is 5.73 Å². The first-order valence-electron chi connectivity index (χ1n) is 4.57. The number of rotatable bonds is 1. The Kier molecular flexibility index (Phi) is 2.87. The quantitative estimate of drug-likeness (QED) is 0.734. The highest BCUT2D eigenvalue weighted by atomic mass is 14.7. The minimum Gasteiger partial charge on any atom is -0.323 e. The molecule has 1 aromatic heterocycles. The smallest absolute Gasteiger partial charge is 0.140 e. The van der Waals surface area contributed by atoms with Crippen LogP contribution in [0.2, 0.25) is 0 Å². The van der Waals surface area contributed by atoms with E-state index in [1.165, 1.54) is 0 Å². The van der Waals surface area contributed by atoms with Crippen LogP contribution in [0.1, 0.15) is 38.1 Å². The summed E-state index contributed by atoms with van der Waals surface area (Å²) >= 11 is 0. The van der Waals surface area contributed by atoms with Crippen LogP contribution >= 0.6 is 0 Å². The Morgan fingerprint density at radius 3 is 2.43 bits per heavy atom. The van der Waals surface area contributed by atoms with Gasteiger partial charge in [0, 0.05) is 12.2 Å². The predicted octanol–water partition coefficient (Wildman–Crippen LogP) is 2.00. The Labute approximate surface area is 84.6 Å². The van der Waals surface area contributed by atoms with Gasteiger partial charge in [0.2, 0.25) is 0 Å². The molecule has 0 aliphatic carbocycles. The van der Waals surface area contributed by atoms with E-state index in [2.05, 4.69) is 25.8 Å². The van der Waals surface area contributed by atoms with Crippen molar-refractivity contribution in [1.29, 1.82) is 5.26 Å². The lowest BCUT2D eigenvalue weighted by molar-refractivity contribution is 0.326. The summed E-state index contributed by atoms with van der Waals surface area (Å²) in [4.78, 5) is 3.99. The molecular weight excluding hydrogens is 174 g/mol. The van der Waals surface area contributed by atoms with Crippen LogP contribution in [0.15, 0.2) is 18.3 Å². The summed E-state index contributed by atoms with van der Waals surface area (Å²) in [5, 5.41) is 8.58. The molecule has 2 N–H and O–H groups in total. The van der Waals surface area contributed by atoms with Crippen molar-refractivity contribution in [2.75, 3.05) is 0 Å². The van der Waals surface area contributed by atoms with Gasteiger partial charge in [0.1, 0.15) is 11.8 Å². The molecule has 1 heterocycles. The molecule has 0 saturated heterocycles. The van der Waals surface area contributed by atoms with E-state index in [0.29, 0.717) is 5.69 Å². The molecule has 0 bridgehead atoms. The van der Waals surface area contributed by atoms with Crippen LogP contribution in [0.3, 0.4) is 0 Å². The Morgan fingerprint density at radius 2 is 2.07 bits per heavy atom. The van der Waals surface area contributed by atoms with Gasteiger partial charge in [0.05, 0.1) is 0 Å². The van der Waals surface area contributed by atoms with E-state index in [1.807, 2.05) is 12.1 Å². The van der Waals surface area contributed by atoms with Gasteiger partial charge in [-0.25, -0.2) is 4.98 Å². The Hall–Kier alpha value is -1.40. The molecule has 3 heteroatoms. The van der Waals surface area contributed by atoms with Gasteiger partial charge < -0.3 is 5.73 Å². The number of aromatic nitrogens is 1. The normalized spacial score (nSPS) is 13.4. The fourth-order valence-corrected chi connectivity index (χ4v) is 1.16. The Bertz CT molecular complexity index is 340. The molecule has 0 spiro atoms. The molecule has 0 amide bonds. The third-order valence-corrected chi connectivity index (χ3v) is 2.19. The lowest BCUT2D eigenvalue weighted by Gasteiger charge is -2.26. The topological polar surface area (TPSA) is 62.7 Å². The first-order valence-corrected chi connectivity index (χ1v) is 4.57. The van der Waals surface area contributed by atoms with Crippen LogP contribution in [-0.2, 0) is 0 Å². The highest BCUT2D eigenvalue weighted by Gasteiger charge is 2.22. The third-order valence-electron chi connectivity index (χ3n) is 2.19. The highest BCUT2D eigenvalue weighted by Crippen LogP contribution is 2.29. The van der Waals surface area contributed by atoms with Crippen molar-refractivity contribution in [1.82, 2.24) is 4.98 Å². The first kappa shape index (κ1) is 10.7. The van der Waals surface area contributed by atoms with Crippen molar-refractivity contribution < 1.29 is 0 Å². The van der Waals surface area contributed by atoms with Gasteiger partial charge >= 0.3 is 0 Å². The second kappa shape index (κ2) is 3.77. The van der Waals surface area contributed by atoms with Crippen molar-refractivity contribution in [2.24, 2.45) is 11.1 Å². The molecule has 0 aliphatic heterocycles. The van der Waals surface area contributed by atoms with Crippen molar-refractivity contribution in [2.45, 2.75) is 26.8 Å². The number of pyridine rings is 1. The lowest BCUT2D eigenvalue weighted by atomic mass is 9.84. The van der Waals surface area contributed by atoms with Crippen LogP contribution in [0.25, 0.3) is 0 Å². The van der Waals surface area contributed by atoms with Gasteiger partial charge in [0.25, 0.3) is 0 Å². The number of nitrogens with zero attached hydrogens (tertiary/aromatic N) is 2. The second-order valence-corrected chi connectivity index (χ2v) is 4.43. The van der Waals surface area contributed by atoms with E-state index >= 15 is 0 Å². The maximum atomic E-state index is 8.58. The summed E-state index contributed by atoms with van der Waals surface area (Å²) in [6, 6.07) is 5.48. The predicted molar refractivity (Wildman–Crippen MR) is 55.3 cm³/mol. The molecule has 1 aromatic rings. The summed E-state index contributed by atoms with van der Waals surface area (Å²) in [7, 11) is 0. The summed E-state index contributed by atoms with van der Waals surface area (Å²) in [5.41, 5.74) is 7.45. The average Bonchev–Trinajstić information content (AvgIpc) is 2.15. The van der Waals surface area contributed by atoms with Crippen molar-refractivity contribution in [3.05, 3.63) is 29.6 Å². The minimum absolute atomic E-state index is 0.00976. The van der Waals surface area contributed by atoms with E-state index in [9.17, 15) is 0 Å². The Balaban J connectivity index is 2.94. The number of hydrogen-bond donors (Lipinski definition) is 1. The molecule has 0 radical (unpaired) electrons. The van der Waals surface area contributed by atoms with E-state index in [4.69, 9.17) is 11.0 Å². The maximum absolute atomic E-state index is 8.58. The number of nitriles is 1. The standard InChI is InChI=1S/C11H15N3/c1-11(2,3)10(13)8-4-5-9(6-12)14-7-8/h4-5,7,10H,13H2,1-3H3. The van der Waals surface area contributed by atoms with E-state index in [-0.39, 0.29) is 11.5 Å². The fraction of sp³-hybridized carbons (Fsp3) is 0.455. The number of nitrogens with two attached hydrogens (primary N) is 1. The molecule has 3 nitrogen and oxygen atoms in total. The van der Waals surface area contributed by atoms with Crippen LogP contribution in [0.4, 0.5) is 0 Å². The van der Waals surface area contributed by atoms with Crippen molar-refractivity contribution in [3.8, 4) is 6.07 Å². The van der Waals surface area contributed by atoms with Crippen molar-refractivity contribution >= 4 is 0 Å². The zero-order chi connectivity index (χ0) is 10.8. The molecule has 1 atom stereocenters. The molecule has 0 fully saturated rings. The van der Waals surface area contributed by atoms with Gasteiger partial charge in [-0.05, 0) is 17.0 Å². The third kappa shape index (κ3) is 2.30. The maximum Gasteiger partial charge on any atom is 0.140 e. The van der Waals surface area contributed by atoms with Gasteiger partial charge in [-0.1, -0.05) is 26.8 Å². The molecular formula is C11H15N3. The summed E-state index contributed by atoms with van der Waals surface area (Å²) in [5.74, 6) is 0. The van der Waals surface area contributed by atoms with E-state index in [0.717, 1.165) is 5.56 Å².